The molecule has 144 valence electrons. The summed E-state index contributed by atoms with van der Waals surface area (Å²) in [5, 5.41) is 16.3. The van der Waals surface area contributed by atoms with E-state index in [1.165, 1.54) is 12.1 Å². The third-order valence-electron chi connectivity index (χ3n) is 4.52. The highest BCUT2D eigenvalue weighted by Gasteiger charge is 2.30. The second-order valence-corrected chi connectivity index (χ2v) is 6.41. The van der Waals surface area contributed by atoms with Crippen LogP contribution in [0.1, 0.15) is 39.8 Å². The van der Waals surface area contributed by atoms with Gasteiger partial charge in [0, 0.05) is 19.3 Å². The number of carboxylic acid groups (broad SMARTS) is 1. The van der Waals surface area contributed by atoms with E-state index >= 15 is 0 Å². The number of aromatic nitrogens is 2. The number of carboxylic acids is 1. The number of nitrogens with one attached hydrogen (secondary N) is 1. The lowest BCUT2D eigenvalue weighted by Crippen LogP contribution is -2.51. The summed E-state index contributed by atoms with van der Waals surface area (Å²) in [6.07, 6.45) is 2.01. The van der Waals surface area contributed by atoms with Crippen LogP contribution in [-0.4, -0.2) is 52.1 Å². The quantitative estimate of drug-likeness (QED) is 0.801. The van der Waals surface area contributed by atoms with Gasteiger partial charge in [0.2, 0.25) is 0 Å². The van der Waals surface area contributed by atoms with Crippen LogP contribution in [0.25, 0.3) is 0 Å². The van der Waals surface area contributed by atoms with Crippen molar-refractivity contribution in [2.24, 2.45) is 0 Å². The highest BCUT2D eigenvalue weighted by molar-refractivity contribution is 5.95. The Morgan fingerprint density at radius 3 is 2.74 bits per heavy atom. The van der Waals surface area contributed by atoms with Gasteiger partial charge >= 0.3 is 5.97 Å². The van der Waals surface area contributed by atoms with Crippen molar-refractivity contribution in [3.8, 4) is 5.75 Å². The van der Waals surface area contributed by atoms with Gasteiger partial charge in [0.15, 0.2) is 0 Å². The first-order valence-corrected chi connectivity index (χ1v) is 8.90. The van der Waals surface area contributed by atoms with Crippen molar-refractivity contribution in [2.45, 2.75) is 39.0 Å². The Labute approximate surface area is 157 Å². The molecule has 1 amide bonds. The summed E-state index contributed by atoms with van der Waals surface area (Å²) in [7, 11) is 0. The lowest BCUT2D eigenvalue weighted by atomic mass is 10.1. The Kier molecular flexibility index (Phi) is 5.75. The van der Waals surface area contributed by atoms with E-state index < -0.39 is 5.97 Å². The molecule has 0 aliphatic carbocycles. The topological polar surface area (TPSA) is 103 Å². The maximum atomic E-state index is 12.7. The van der Waals surface area contributed by atoms with E-state index in [2.05, 4.69) is 10.4 Å². The summed E-state index contributed by atoms with van der Waals surface area (Å²) in [6.45, 7) is 5.35. The Balaban J connectivity index is 1.68. The van der Waals surface area contributed by atoms with Crippen LogP contribution in [-0.2, 0) is 11.3 Å². The number of carbonyl (C=O) groups excluding carboxylic acids is 1. The zero-order chi connectivity index (χ0) is 19.4. The van der Waals surface area contributed by atoms with Crippen LogP contribution in [0, 0.1) is 6.92 Å². The molecule has 0 radical (unpaired) electrons. The first-order chi connectivity index (χ1) is 13.0. The fourth-order valence-electron chi connectivity index (χ4n) is 2.99. The molecule has 1 aromatic heterocycles. The van der Waals surface area contributed by atoms with Crippen LogP contribution in [0.15, 0.2) is 30.5 Å². The SMILES string of the molecule is CCn1cc(C(=O)N[C@@H]2CCOC[C@H]2Oc2ccc(C(=O)O)cc2)c(C)n1. The normalized spacial score (nSPS) is 19.5. The van der Waals surface area contributed by atoms with E-state index in [4.69, 9.17) is 14.6 Å². The highest BCUT2D eigenvalue weighted by Crippen LogP contribution is 2.19. The van der Waals surface area contributed by atoms with Gasteiger partial charge < -0.3 is 19.9 Å². The monoisotopic (exact) mass is 373 g/mol. The number of benzene rings is 1. The molecule has 1 saturated heterocycles. The Morgan fingerprint density at radius 2 is 2.11 bits per heavy atom. The number of rotatable bonds is 6. The van der Waals surface area contributed by atoms with Crippen molar-refractivity contribution in [2.75, 3.05) is 13.2 Å². The van der Waals surface area contributed by atoms with Crippen LogP contribution in [0.5, 0.6) is 5.75 Å². The first-order valence-electron chi connectivity index (χ1n) is 8.90. The fraction of sp³-hybridized carbons (Fsp3) is 0.421. The zero-order valence-electron chi connectivity index (χ0n) is 15.3. The molecule has 1 fully saturated rings. The molecular formula is C19H23N3O5. The third-order valence-corrected chi connectivity index (χ3v) is 4.52. The zero-order valence-corrected chi connectivity index (χ0v) is 15.3. The number of ether oxygens (including phenoxy) is 2. The maximum absolute atomic E-state index is 12.7. The summed E-state index contributed by atoms with van der Waals surface area (Å²) in [6, 6.07) is 5.96. The minimum absolute atomic E-state index is 0.186. The van der Waals surface area contributed by atoms with Gasteiger partial charge in [-0.2, -0.15) is 5.10 Å². The average Bonchev–Trinajstić information content (AvgIpc) is 3.05. The minimum Gasteiger partial charge on any atom is -0.486 e. The molecule has 2 atom stereocenters. The lowest BCUT2D eigenvalue weighted by molar-refractivity contribution is -0.0135. The summed E-state index contributed by atoms with van der Waals surface area (Å²) in [4.78, 5) is 23.6. The van der Waals surface area contributed by atoms with Crippen molar-refractivity contribution >= 4 is 11.9 Å². The van der Waals surface area contributed by atoms with Gasteiger partial charge in [0.1, 0.15) is 11.9 Å². The molecule has 8 heteroatoms. The van der Waals surface area contributed by atoms with Crippen molar-refractivity contribution < 1.29 is 24.2 Å². The van der Waals surface area contributed by atoms with Crippen LogP contribution in [0.2, 0.25) is 0 Å². The molecule has 0 unspecified atom stereocenters. The number of carbonyl (C=O) groups is 2. The standard InChI is InChI=1S/C19H23N3O5/c1-3-22-10-15(12(2)21-22)18(23)20-16-8-9-26-11-17(16)27-14-6-4-13(5-7-14)19(24)25/h4-7,10,16-17H,3,8-9,11H2,1-2H3,(H,20,23)(H,24,25)/t16-,17-/m1/s1. The van der Waals surface area contributed by atoms with Crippen molar-refractivity contribution in [1.29, 1.82) is 0 Å². The summed E-state index contributed by atoms with van der Waals surface area (Å²) in [5.74, 6) is -0.644. The number of hydrogen-bond donors (Lipinski definition) is 2. The Hall–Kier alpha value is -2.87. The Morgan fingerprint density at radius 1 is 1.37 bits per heavy atom. The molecule has 8 nitrogen and oxygen atoms in total. The van der Waals surface area contributed by atoms with E-state index in [-0.39, 0.29) is 23.6 Å². The molecule has 0 saturated carbocycles. The predicted molar refractivity (Wildman–Crippen MR) is 97.1 cm³/mol. The Bertz CT molecular complexity index is 815. The van der Waals surface area contributed by atoms with Crippen LogP contribution in [0.4, 0.5) is 0 Å². The molecule has 2 N–H and O–H groups in total. The highest BCUT2D eigenvalue weighted by atomic mass is 16.5. The average molecular weight is 373 g/mol. The molecule has 1 aromatic carbocycles. The summed E-state index contributed by atoms with van der Waals surface area (Å²) >= 11 is 0. The van der Waals surface area contributed by atoms with Crippen molar-refractivity contribution in [3.63, 3.8) is 0 Å². The lowest BCUT2D eigenvalue weighted by Gasteiger charge is -2.32. The predicted octanol–water partition coefficient (Wildman–Crippen LogP) is 1.88. The molecule has 0 spiro atoms. The summed E-state index contributed by atoms with van der Waals surface area (Å²) in [5.41, 5.74) is 1.42. The molecule has 2 heterocycles. The molecule has 27 heavy (non-hydrogen) atoms. The van der Waals surface area contributed by atoms with Crippen LogP contribution in [0.3, 0.4) is 0 Å². The van der Waals surface area contributed by atoms with E-state index in [1.54, 1.807) is 23.0 Å². The van der Waals surface area contributed by atoms with Gasteiger partial charge in [-0.1, -0.05) is 0 Å². The largest absolute Gasteiger partial charge is 0.486 e. The second-order valence-electron chi connectivity index (χ2n) is 6.41. The van der Waals surface area contributed by atoms with Gasteiger partial charge in [-0.05, 0) is 44.5 Å². The summed E-state index contributed by atoms with van der Waals surface area (Å²) < 4.78 is 13.2. The molecule has 1 aliphatic rings. The van der Waals surface area contributed by atoms with E-state index in [0.29, 0.717) is 43.2 Å². The van der Waals surface area contributed by atoms with Gasteiger partial charge in [-0.15, -0.1) is 0 Å². The van der Waals surface area contributed by atoms with Crippen LogP contribution >= 0.6 is 0 Å². The van der Waals surface area contributed by atoms with E-state index in [0.717, 1.165) is 0 Å². The third kappa shape index (κ3) is 4.46. The van der Waals surface area contributed by atoms with Gasteiger partial charge in [0.25, 0.3) is 5.91 Å². The van der Waals surface area contributed by atoms with Crippen molar-refractivity contribution in [3.05, 3.63) is 47.3 Å². The van der Waals surface area contributed by atoms with E-state index in [9.17, 15) is 9.59 Å². The number of nitrogens with zero attached hydrogens (tertiary/aromatic N) is 2. The number of aromatic carboxylic acids is 1. The van der Waals surface area contributed by atoms with Gasteiger partial charge in [-0.25, -0.2) is 4.79 Å². The second kappa shape index (κ2) is 8.22. The molecular weight excluding hydrogens is 350 g/mol. The molecule has 0 bridgehead atoms. The van der Waals surface area contributed by atoms with Gasteiger partial charge in [-0.3, -0.25) is 9.48 Å². The molecule has 3 rings (SSSR count). The first kappa shape index (κ1) is 18.9. The fourth-order valence-corrected chi connectivity index (χ4v) is 2.99. The number of amides is 1. The van der Waals surface area contributed by atoms with E-state index in [1.807, 2.05) is 13.8 Å². The van der Waals surface area contributed by atoms with Crippen molar-refractivity contribution in [1.82, 2.24) is 15.1 Å². The maximum Gasteiger partial charge on any atom is 0.335 e. The smallest absolute Gasteiger partial charge is 0.335 e. The molecule has 1 aliphatic heterocycles. The number of aryl methyl sites for hydroxylation is 2. The minimum atomic E-state index is -0.990. The van der Waals surface area contributed by atoms with Gasteiger partial charge in [0.05, 0.1) is 29.5 Å². The van der Waals surface area contributed by atoms with Crippen LogP contribution < -0.4 is 10.1 Å². The molecule has 2 aromatic rings. The number of hydrogen-bond acceptors (Lipinski definition) is 5.